The summed E-state index contributed by atoms with van der Waals surface area (Å²) in [5.74, 6) is 1.98. The number of hydrogen-bond acceptors (Lipinski definition) is 2. The second-order valence-electron chi connectivity index (χ2n) is 3.23. The summed E-state index contributed by atoms with van der Waals surface area (Å²) in [5.41, 5.74) is 0. The number of ether oxygens (including phenoxy) is 1. The van der Waals surface area contributed by atoms with E-state index in [2.05, 4.69) is 29.8 Å². The molecule has 0 saturated heterocycles. The lowest BCUT2D eigenvalue weighted by Crippen LogP contribution is -2.02. The molecule has 1 aromatic carbocycles. The maximum Gasteiger partial charge on any atom is 0.120 e. The van der Waals surface area contributed by atoms with E-state index in [1.807, 2.05) is 36.0 Å². The molecule has 14 heavy (non-hydrogen) atoms. The number of thioether (sulfide) groups is 1. The lowest BCUT2D eigenvalue weighted by Gasteiger charge is -2.07. The van der Waals surface area contributed by atoms with Crippen LogP contribution < -0.4 is 4.74 Å². The number of rotatable bonds is 5. The average Bonchev–Trinajstić information content (AvgIpc) is 2.12. The Bertz CT molecular complexity index is 276. The number of halogens is 1. The van der Waals surface area contributed by atoms with Gasteiger partial charge in [0.1, 0.15) is 5.75 Å². The third kappa shape index (κ3) is 4.91. The molecule has 0 saturated carbocycles. The normalized spacial score (nSPS) is 10.6. The van der Waals surface area contributed by atoms with Crippen molar-refractivity contribution in [3.63, 3.8) is 0 Å². The summed E-state index contributed by atoms with van der Waals surface area (Å²) in [5, 5.41) is 0.682. The maximum absolute atomic E-state index is 5.59. The van der Waals surface area contributed by atoms with Gasteiger partial charge in [0.2, 0.25) is 0 Å². The third-order valence-electron chi connectivity index (χ3n) is 1.60. The largest absolute Gasteiger partial charge is 0.493 e. The molecule has 0 atom stereocenters. The summed E-state index contributed by atoms with van der Waals surface area (Å²) in [6.07, 6.45) is 0. The Morgan fingerprint density at radius 1 is 1.43 bits per heavy atom. The summed E-state index contributed by atoms with van der Waals surface area (Å²) in [4.78, 5) is 0. The van der Waals surface area contributed by atoms with Gasteiger partial charge in [-0.05, 0) is 23.4 Å². The lowest BCUT2D eigenvalue weighted by atomic mass is 10.3. The molecule has 1 rings (SSSR count). The van der Waals surface area contributed by atoms with Gasteiger partial charge in [0.15, 0.2) is 0 Å². The van der Waals surface area contributed by atoms with Crippen molar-refractivity contribution in [2.75, 3.05) is 12.4 Å². The van der Waals surface area contributed by atoms with Gasteiger partial charge in [-0.1, -0.05) is 35.8 Å². The van der Waals surface area contributed by atoms with Crippen molar-refractivity contribution in [3.05, 3.63) is 28.7 Å². The first kappa shape index (κ1) is 11.9. The van der Waals surface area contributed by atoms with E-state index < -0.39 is 0 Å². The first-order chi connectivity index (χ1) is 6.68. The van der Waals surface area contributed by atoms with E-state index in [1.54, 1.807) is 0 Å². The highest BCUT2D eigenvalue weighted by atomic mass is 79.9. The van der Waals surface area contributed by atoms with E-state index in [4.69, 9.17) is 4.74 Å². The summed E-state index contributed by atoms with van der Waals surface area (Å²) in [7, 11) is 0. The van der Waals surface area contributed by atoms with Crippen LogP contribution in [0.15, 0.2) is 28.7 Å². The molecule has 0 heterocycles. The van der Waals surface area contributed by atoms with E-state index in [9.17, 15) is 0 Å². The molecule has 0 aliphatic rings. The Kier molecular flexibility index (Phi) is 5.41. The quantitative estimate of drug-likeness (QED) is 0.752. The Morgan fingerprint density at radius 2 is 2.21 bits per heavy atom. The van der Waals surface area contributed by atoms with Crippen LogP contribution in [0.1, 0.15) is 13.8 Å². The zero-order valence-corrected chi connectivity index (χ0v) is 10.9. The Morgan fingerprint density at radius 3 is 2.86 bits per heavy atom. The smallest absolute Gasteiger partial charge is 0.120 e. The van der Waals surface area contributed by atoms with Crippen molar-refractivity contribution >= 4 is 27.7 Å². The third-order valence-corrected chi connectivity index (χ3v) is 3.16. The van der Waals surface area contributed by atoms with Crippen LogP contribution in [0.3, 0.4) is 0 Å². The topological polar surface area (TPSA) is 9.23 Å². The predicted molar refractivity (Wildman–Crippen MR) is 67.2 cm³/mol. The van der Waals surface area contributed by atoms with E-state index in [-0.39, 0.29) is 0 Å². The molecule has 1 aromatic rings. The van der Waals surface area contributed by atoms with Crippen molar-refractivity contribution in [1.82, 2.24) is 0 Å². The van der Waals surface area contributed by atoms with Crippen LogP contribution in [-0.4, -0.2) is 17.6 Å². The highest BCUT2D eigenvalue weighted by Crippen LogP contribution is 2.18. The minimum absolute atomic E-state index is 0.682. The molecule has 0 aliphatic carbocycles. The summed E-state index contributed by atoms with van der Waals surface area (Å²) in [6, 6.07) is 7.94. The monoisotopic (exact) mass is 274 g/mol. The molecule has 0 amide bonds. The molecule has 0 radical (unpaired) electrons. The van der Waals surface area contributed by atoms with Gasteiger partial charge in [-0.2, -0.15) is 11.8 Å². The standard InChI is InChI=1S/C11H15BrOS/c1-9(2)14-7-6-13-11-5-3-4-10(12)8-11/h3-5,8-9H,6-7H2,1-2H3. The number of hydrogen-bond donors (Lipinski definition) is 0. The molecule has 0 bridgehead atoms. The first-order valence-corrected chi connectivity index (χ1v) is 6.52. The highest BCUT2D eigenvalue weighted by Gasteiger charge is 1.96. The Balaban J connectivity index is 2.25. The van der Waals surface area contributed by atoms with Crippen molar-refractivity contribution < 1.29 is 4.74 Å². The highest BCUT2D eigenvalue weighted by molar-refractivity contribution is 9.10. The summed E-state index contributed by atoms with van der Waals surface area (Å²) >= 11 is 5.33. The fourth-order valence-corrected chi connectivity index (χ4v) is 2.03. The van der Waals surface area contributed by atoms with Gasteiger partial charge >= 0.3 is 0 Å². The van der Waals surface area contributed by atoms with Crippen molar-refractivity contribution in [2.24, 2.45) is 0 Å². The second kappa shape index (κ2) is 6.36. The zero-order valence-electron chi connectivity index (χ0n) is 8.50. The van der Waals surface area contributed by atoms with Gasteiger partial charge in [-0.25, -0.2) is 0 Å². The zero-order chi connectivity index (χ0) is 10.4. The van der Waals surface area contributed by atoms with Crippen LogP contribution in [0.4, 0.5) is 0 Å². The molecule has 0 spiro atoms. The molecule has 1 nitrogen and oxygen atoms in total. The van der Waals surface area contributed by atoms with Crippen LogP contribution in [0.25, 0.3) is 0 Å². The first-order valence-electron chi connectivity index (χ1n) is 4.68. The Labute approximate surface area is 98.4 Å². The lowest BCUT2D eigenvalue weighted by molar-refractivity contribution is 0.343. The van der Waals surface area contributed by atoms with Crippen LogP contribution >= 0.6 is 27.7 Å². The van der Waals surface area contributed by atoms with E-state index >= 15 is 0 Å². The molecule has 78 valence electrons. The van der Waals surface area contributed by atoms with Crippen LogP contribution in [-0.2, 0) is 0 Å². The van der Waals surface area contributed by atoms with E-state index in [0.717, 1.165) is 22.6 Å². The molecule has 0 aliphatic heterocycles. The van der Waals surface area contributed by atoms with Gasteiger partial charge < -0.3 is 4.74 Å². The van der Waals surface area contributed by atoms with Gasteiger partial charge in [-0.15, -0.1) is 0 Å². The van der Waals surface area contributed by atoms with Gasteiger partial charge in [-0.3, -0.25) is 0 Å². The molecular formula is C11H15BrOS. The van der Waals surface area contributed by atoms with E-state index in [0.29, 0.717) is 5.25 Å². The van der Waals surface area contributed by atoms with Gasteiger partial charge in [0.05, 0.1) is 6.61 Å². The fourth-order valence-electron chi connectivity index (χ4n) is 1.00. The molecule has 0 unspecified atom stereocenters. The molecule has 0 N–H and O–H groups in total. The Hall–Kier alpha value is -0.150. The summed E-state index contributed by atoms with van der Waals surface area (Å²) < 4.78 is 6.65. The fraction of sp³-hybridized carbons (Fsp3) is 0.455. The predicted octanol–water partition coefficient (Wildman–Crippen LogP) is 3.97. The summed E-state index contributed by atoms with van der Waals surface area (Å²) in [6.45, 7) is 5.17. The average molecular weight is 275 g/mol. The van der Waals surface area contributed by atoms with Gasteiger partial charge in [0, 0.05) is 10.2 Å². The van der Waals surface area contributed by atoms with Crippen LogP contribution in [0.5, 0.6) is 5.75 Å². The van der Waals surface area contributed by atoms with Gasteiger partial charge in [0.25, 0.3) is 0 Å². The van der Waals surface area contributed by atoms with Crippen molar-refractivity contribution in [2.45, 2.75) is 19.1 Å². The molecule has 0 fully saturated rings. The SMILES string of the molecule is CC(C)SCCOc1cccc(Br)c1. The molecular weight excluding hydrogens is 260 g/mol. The van der Waals surface area contributed by atoms with Crippen LogP contribution in [0, 0.1) is 0 Å². The molecule has 0 aromatic heterocycles. The maximum atomic E-state index is 5.59. The van der Waals surface area contributed by atoms with Crippen molar-refractivity contribution in [3.8, 4) is 5.75 Å². The van der Waals surface area contributed by atoms with Crippen LogP contribution in [0.2, 0.25) is 0 Å². The second-order valence-corrected chi connectivity index (χ2v) is 5.83. The minimum Gasteiger partial charge on any atom is -0.493 e. The molecule has 3 heteroatoms. The van der Waals surface area contributed by atoms with Crippen molar-refractivity contribution in [1.29, 1.82) is 0 Å². The minimum atomic E-state index is 0.682. The van der Waals surface area contributed by atoms with E-state index in [1.165, 1.54) is 0 Å². The number of benzene rings is 1.